The number of ether oxygens (including phenoxy) is 1. The van der Waals surface area contributed by atoms with Crippen LogP contribution in [0.1, 0.15) is 17.3 Å². The molecule has 0 aromatic heterocycles. The molecule has 0 saturated heterocycles. The molecule has 126 valence electrons. The SMILES string of the molecule is CC(OC(=O)c1cc(Cl)ccc1Cl)C(=O)Nc1ccc(F)cc1Cl. The molecule has 2 aromatic rings. The van der Waals surface area contributed by atoms with Crippen LogP contribution in [-0.2, 0) is 9.53 Å². The molecule has 1 unspecified atom stereocenters. The van der Waals surface area contributed by atoms with Crippen molar-refractivity contribution in [1.29, 1.82) is 0 Å². The topological polar surface area (TPSA) is 55.4 Å². The summed E-state index contributed by atoms with van der Waals surface area (Å²) in [6.45, 7) is 1.38. The molecule has 8 heteroatoms. The number of hydrogen-bond donors (Lipinski definition) is 1. The van der Waals surface area contributed by atoms with E-state index in [-0.39, 0.29) is 21.3 Å². The van der Waals surface area contributed by atoms with Crippen LogP contribution in [0.15, 0.2) is 36.4 Å². The van der Waals surface area contributed by atoms with Gasteiger partial charge in [0.15, 0.2) is 6.10 Å². The van der Waals surface area contributed by atoms with E-state index in [0.717, 1.165) is 12.1 Å². The number of carbonyl (C=O) groups excluding carboxylic acids is 2. The average molecular weight is 391 g/mol. The van der Waals surface area contributed by atoms with Crippen molar-refractivity contribution in [2.75, 3.05) is 5.32 Å². The van der Waals surface area contributed by atoms with E-state index in [9.17, 15) is 14.0 Å². The second kappa shape index (κ2) is 7.83. The monoisotopic (exact) mass is 389 g/mol. The quantitative estimate of drug-likeness (QED) is 0.750. The highest BCUT2D eigenvalue weighted by Gasteiger charge is 2.21. The zero-order chi connectivity index (χ0) is 17.9. The Labute approximate surface area is 152 Å². The second-order valence-corrected chi connectivity index (χ2v) is 6.04. The normalized spacial score (nSPS) is 11.7. The number of nitrogens with one attached hydrogen (secondary N) is 1. The molecule has 0 aliphatic rings. The minimum Gasteiger partial charge on any atom is -0.449 e. The minimum atomic E-state index is -1.13. The molecule has 1 atom stereocenters. The Bertz CT molecular complexity index is 798. The summed E-state index contributed by atoms with van der Waals surface area (Å²) in [5.74, 6) is -1.96. The Kier molecular flexibility index (Phi) is 6.04. The molecule has 0 spiro atoms. The predicted octanol–water partition coefficient (Wildman–Crippen LogP) is 4.97. The number of anilines is 1. The Morgan fingerprint density at radius 2 is 1.79 bits per heavy atom. The molecule has 1 amide bonds. The van der Waals surface area contributed by atoms with E-state index < -0.39 is 23.8 Å². The van der Waals surface area contributed by atoms with Crippen molar-refractivity contribution in [3.8, 4) is 0 Å². The van der Waals surface area contributed by atoms with Crippen LogP contribution in [0, 0.1) is 5.82 Å². The summed E-state index contributed by atoms with van der Waals surface area (Å²) in [6.07, 6.45) is -1.13. The Hall–Kier alpha value is -1.82. The van der Waals surface area contributed by atoms with E-state index in [0.29, 0.717) is 5.02 Å². The highest BCUT2D eigenvalue weighted by molar-refractivity contribution is 6.35. The largest absolute Gasteiger partial charge is 0.449 e. The van der Waals surface area contributed by atoms with Gasteiger partial charge in [0.25, 0.3) is 5.91 Å². The highest BCUT2D eigenvalue weighted by Crippen LogP contribution is 2.24. The van der Waals surface area contributed by atoms with Gasteiger partial charge in [0.1, 0.15) is 5.82 Å². The molecule has 0 heterocycles. The lowest BCUT2D eigenvalue weighted by Gasteiger charge is -2.15. The summed E-state index contributed by atoms with van der Waals surface area (Å²) < 4.78 is 18.0. The molecule has 0 bridgehead atoms. The zero-order valence-electron chi connectivity index (χ0n) is 12.3. The van der Waals surface area contributed by atoms with E-state index in [1.165, 1.54) is 31.2 Å². The number of amides is 1. The first-order chi connectivity index (χ1) is 11.3. The van der Waals surface area contributed by atoms with Crippen LogP contribution < -0.4 is 5.32 Å². The van der Waals surface area contributed by atoms with E-state index in [1.807, 2.05) is 0 Å². The van der Waals surface area contributed by atoms with Crippen LogP contribution in [0.2, 0.25) is 15.1 Å². The first kappa shape index (κ1) is 18.5. The summed E-state index contributed by atoms with van der Waals surface area (Å²) in [7, 11) is 0. The van der Waals surface area contributed by atoms with Gasteiger partial charge in [-0.3, -0.25) is 4.79 Å². The van der Waals surface area contributed by atoms with Gasteiger partial charge in [0.2, 0.25) is 0 Å². The third kappa shape index (κ3) is 4.60. The van der Waals surface area contributed by atoms with Crippen LogP contribution in [-0.4, -0.2) is 18.0 Å². The maximum Gasteiger partial charge on any atom is 0.340 e. The number of benzene rings is 2. The van der Waals surface area contributed by atoms with Gasteiger partial charge in [-0.15, -0.1) is 0 Å². The van der Waals surface area contributed by atoms with E-state index in [1.54, 1.807) is 0 Å². The van der Waals surface area contributed by atoms with Crippen molar-refractivity contribution in [3.05, 3.63) is 62.8 Å². The molecule has 0 aliphatic carbocycles. The molecule has 0 saturated carbocycles. The summed E-state index contributed by atoms with van der Waals surface area (Å²) in [4.78, 5) is 24.1. The first-order valence-electron chi connectivity index (χ1n) is 6.70. The third-order valence-corrected chi connectivity index (χ3v) is 3.87. The Morgan fingerprint density at radius 1 is 1.08 bits per heavy atom. The molecule has 4 nitrogen and oxygen atoms in total. The lowest BCUT2D eigenvalue weighted by atomic mass is 10.2. The van der Waals surface area contributed by atoms with Crippen LogP contribution in [0.4, 0.5) is 10.1 Å². The van der Waals surface area contributed by atoms with Crippen molar-refractivity contribution < 1.29 is 18.7 Å². The maximum absolute atomic E-state index is 13.0. The van der Waals surface area contributed by atoms with Crippen LogP contribution in [0.25, 0.3) is 0 Å². The summed E-state index contributed by atoms with van der Waals surface area (Å²) in [5.41, 5.74) is 0.246. The molecular weight excluding hydrogens is 380 g/mol. The average Bonchev–Trinajstić information content (AvgIpc) is 2.52. The van der Waals surface area contributed by atoms with E-state index in [4.69, 9.17) is 39.5 Å². The molecule has 0 aliphatic heterocycles. The smallest absolute Gasteiger partial charge is 0.340 e. The third-order valence-electron chi connectivity index (χ3n) is 2.99. The van der Waals surface area contributed by atoms with Gasteiger partial charge < -0.3 is 10.1 Å². The number of rotatable bonds is 4. The number of carbonyl (C=O) groups is 2. The predicted molar refractivity (Wildman–Crippen MR) is 91.4 cm³/mol. The molecule has 0 fully saturated rings. The number of halogens is 4. The molecule has 24 heavy (non-hydrogen) atoms. The summed E-state index contributed by atoms with van der Waals surface area (Å²) in [5, 5.41) is 2.93. The van der Waals surface area contributed by atoms with Crippen molar-refractivity contribution in [3.63, 3.8) is 0 Å². The summed E-state index contributed by atoms with van der Waals surface area (Å²) in [6, 6.07) is 7.81. The van der Waals surface area contributed by atoms with Crippen molar-refractivity contribution in [1.82, 2.24) is 0 Å². The minimum absolute atomic E-state index is 0.0276. The Balaban J connectivity index is 2.05. The number of esters is 1. The fourth-order valence-corrected chi connectivity index (χ4v) is 2.34. The molecule has 2 rings (SSSR count). The number of hydrogen-bond acceptors (Lipinski definition) is 3. The first-order valence-corrected chi connectivity index (χ1v) is 7.83. The second-order valence-electron chi connectivity index (χ2n) is 4.79. The van der Waals surface area contributed by atoms with E-state index in [2.05, 4.69) is 5.32 Å². The fourth-order valence-electron chi connectivity index (χ4n) is 1.76. The lowest BCUT2D eigenvalue weighted by Crippen LogP contribution is -2.30. The molecule has 1 N–H and O–H groups in total. The van der Waals surface area contributed by atoms with Crippen LogP contribution in [0.3, 0.4) is 0 Å². The van der Waals surface area contributed by atoms with Gasteiger partial charge in [0.05, 0.1) is 21.3 Å². The zero-order valence-corrected chi connectivity index (χ0v) is 14.5. The van der Waals surface area contributed by atoms with Crippen LogP contribution >= 0.6 is 34.8 Å². The van der Waals surface area contributed by atoms with Gasteiger partial charge in [-0.2, -0.15) is 0 Å². The molecule has 2 aromatic carbocycles. The highest BCUT2D eigenvalue weighted by atomic mass is 35.5. The molecular formula is C16H11Cl3FNO3. The van der Waals surface area contributed by atoms with Crippen molar-refractivity contribution in [2.24, 2.45) is 0 Å². The van der Waals surface area contributed by atoms with Crippen molar-refractivity contribution >= 4 is 52.4 Å². The van der Waals surface area contributed by atoms with Gasteiger partial charge in [-0.25, -0.2) is 9.18 Å². The molecule has 0 radical (unpaired) electrons. The fraction of sp³-hybridized carbons (Fsp3) is 0.125. The van der Waals surface area contributed by atoms with Gasteiger partial charge >= 0.3 is 5.97 Å². The van der Waals surface area contributed by atoms with Gasteiger partial charge in [0, 0.05) is 5.02 Å². The summed E-state index contributed by atoms with van der Waals surface area (Å²) >= 11 is 17.5. The lowest BCUT2D eigenvalue weighted by molar-refractivity contribution is -0.123. The standard InChI is InChI=1S/C16H11Cl3FNO3/c1-8(15(22)21-14-5-3-10(20)7-13(14)19)24-16(23)11-6-9(17)2-4-12(11)18/h2-8H,1H3,(H,21,22). The van der Waals surface area contributed by atoms with Gasteiger partial charge in [-0.05, 0) is 43.3 Å². The van der Waals surface area contributed by atoms with Crippen LogP contribution in [0.5, 0.6) is 0 Å². The Morgan fingerprint density at radius 3 is 2.46 bits per heavy atom. The van der Waals surface area contributed by atoms with Gasteiger partial charge in [-0.1, -0.05) is 34.8 Å². The van der Waals surface area contributed by atoms with Crippen molar-refractivity contribution in [2.45, 2.75) is 13.0 Å². The maximum atomic E-state index is 13.0. The van der Waals surface area contributed by atoms with E-state index >= 15 is 0 Å².